The Kier molecular flexibility index (Phi) is 4.74. The molecule has 0 aliphatic carbocycles. The van der Waals surface area contributed by atoms with Crippen LogP contribution in [0, 0.1) is 11.3 Å². The lowest BCUT2D eigenvalue weighted by atomic mass is 9.87. The van der Waals surface area contributed by atoms with E-state index in [1.807, 2.05) is 42.6 Å². The van der Waals surface area contributed by atoms with Gasteiger partial charge < -0.3 is 14.6 Å². The molecule has 2 aromatic carbocycles. The van der Waals surface area contributed by atoms with E-state index in [4.69, 9.17) is 16.3 Å². The zero-order valence-corrected chi connectivity index (χ0v) is 16.6. The lowest BCUT2D eigenvalue weighted by Crippen LogP contribution is -2.41. The monoisotopic (exact) mass is 392 g/mol. The minimum atomic E-state index is -0.334. The van der Waals surface area contributed by atoms with Gasteiger partial charge >= 0.3 is 0 Å². The molecule has 142 valence electrons. The summed E-state index contributed by atoms with van der Waals surface area (Å²) in [5.41, 5.74) is 2.34. The van der Waals surface area contributed by atoms with Gasteiger partial charge in [-0.1, -0.05) is 11.6 Å². The number of rotatable bonds is 4. The molecule has 0 fully saturated rings. The Morgan fingerprint density at radius 1 is 1.29 bits per heavy atom. The Morgan fingerprint density at radius 3 is 2.75 bits per heavy atom. The average molecular weight is 393 g/mol. The van der Waals surface area contributed by atoms with Crippen molar-refractivity contribution in [3.8, 4) is 11.8 Å². The molecule has 0 saturated heterocycles. The molecule has 1 unspecified atom stereocenters. The molecular formula is C22H21ClN4O. The second kappa shape index (κ2) is 7.21. The predicted octanol–water partition coefficient (Wildman–Crippen LogP) is 5.24. The van der Waals surface area contributed by atoms with Crippen LogP contribution in [-0.2, 0) is 6.54 Å². The van der Waals surface area contributed by atoms with Gasteiger partial charge in [0.25, 0.3) is 0 Å². The number of nitrogens with zero attached hydrogens (tertiary/aromatic N) is 3. The molecule has 4 rings (SSSR count). The van der Waals surface area contributed by atoms with Crippen LogP contribution in [0.25, 0.3) is 0 Å². The molecule has 2 heterocycles. The molecule has 0 amide bonds. The van der Waals surface area contributed by atoms with Gasteiger partial charge in [-0.25, -0.2) is 4.98 Å². The zero-order valence-electron chi connectivity index (χ0n) is 15.8. The van der Waals surface area contributed by atoms with Gasteiger partial charge in [0, 0.05) is 35.1 Å². The lowest BCUT2D eigenvalue weighted by molar-refractivity contribution is 0.0708. The number of aromatic amines is 1. The summed E-state index contributed by atoms with van der Waals surface area (Å²) >= 11 is 6.12. The molecule has 28 heavy (non-hydrogen) atoms. The van der Waals surface area contributed by atoms with Crippen molar-refractivity contribution in [2.24, 2.45) is 0 Å². The van der Waals surface area contributed by atoms with Crippen LogP contribution in [0.1, 0.15) is 43.3 Å². The first-order valence-electron chi connectivity index (χ1n) is 9.19. The molecule has 6 heteroatoms. The van der Waals surface area contributed by atoms with Gasteiger partial charge in [0.1, 0.15) is 17.2 Å². The number of imidazole rings is 1. The molecule has 1 aromatic heterocycles. The third kappa shape index (κ3) is 3.69. The normalized spacial score (nSPS) is 17.3. The summed E-state index contributed by atoms with van der Waals surface area (Å²) in [6, 6.07) is 15.7. The second-order valence-corrected chi connectivity index (χ2v) is 8.02. The van der Waals surface area contributed by atoms with Crippen molar-refractivity contribution in [3.05, 3.63) is 76.8 Å². The molecule has 0 spiro atoms. The van der Waals surface area contributed by atoms with E-state index in [0.717, 1.165) is 29.2 Å². The summed E-state index contributed by atoms with van der Waals surface area (Å²) < 4.78 is 6.21. The molecule has 3 aromatic rings. The largest absolute Gasteiger partial charge is 0.487 e. The van der Waals surface area contributed by atoms with Gasteiger partial charge in [0.05, 0.1) is 24.2 Å². The van der Waals surface area contributed by atoms with E-state index in [9.17, 15) is 5.26 Å². The quantitative estimate of drug-likeness (QED) is 0.659. The van der Waals surface area contributed by atoms with Gasteiger partial charge in [0.15, 0.2) is 0 Å². The maximum atomic E-state index is 9.39. The van der Waals surface area contributed by atoms with Crippen molar-refractivity contribution in [1.29, 1.82) is 5.26 Å². The van der Waals surface area contributed by atoms with E-state index in [-0.39, 0.29) is 11.6 Å². The topological polar surface area (TPSA) is 64.9 Å². The van der Waals surface area contributed by atoms with Gasteiger partial charge in [-0.2, -0.15) is 5.26 Å². The second-order valence-electron chi connectivity index (χ2n) is 7.59. The number of ether oxygens (including phenoxy) is 1. The third-order valence-electron chi connectivity index (χ3n) is 4.98. The number of nitrogens with one attached hydrogen (secondary N) is 1. The first kappa shape index (κ1) is 18.4. The Bertz CT molecular complexity index is 1010. The number of anilines is 1. The van der Waals surface area contributed by atoms with E-state index >= 15 is 0 Å². The minimum absolute atomic E-state index is 0.0262. The number of H-pyrrole nitrogens is 1. The van der Waals surface area contributed by atoms with Gasteiger partial charge in [-0.05, 0) is 56.3 Å². The summed E-state index contributed by atoms with van der Waals surface area (Å²) in [5.74, 6) is 1.69. The number of halogens is 1. The van der Waals surface area contributed by atoms with Crippen LogP contribution < -0.4 is 9.64 Å². The van der Waals surface area contributed by atoms with Crippen molar-refractivity contribution < 1.29 is 4.74 Å². The Labute approximate surface area is 169 Å². The van der Waals surface area contributed by atoms with E-state index in [2.05, 4.69) is 34.8 Å². The van der Waals surface area contributed by atoms with Crippen LogP contribution in [0.3, 0.4) is 0 Å². The molecule has 5 nitrogen and oxygen atoms in total. The molecule has 0 bridgehead atoms. The molecule has 1 aliphatic heterocycles. The van der Waals surface area contributed by atoms with Crippen molar-refractivity contribution in [3.63, 3.8) is 0 Å². The highest BCUT2D eigenvalue weighted by atomic mass is 35.5. The minimum Gasteiger partial charge on any atom is -0.487 e. The number of nitriles is 1. The fraction of sp³-hybridized carbons (Fsp3) is 0.273. The Morgan fingerprint density at radius 2 is 2.07 bits per heavy atom. The molecule has 1 aliphatic rings. The van der Waals surface area contributed by atoms with E-state index in [0.29, 0.717) is 17.1 Å². The van der Waals surface area contributed by atoms with Crippen LogP contribution in [0.15, 0.2) is 54.9 Å². The number of benzene rings is 2. The Hall–Kier alpha value is -2.97. The van der Waals surface area contributed by atoms with Gasteiger partial charge in [-0.15, -0.1) is 0 Å². The van der Waals surface area contributed by atoms with Crippen LogP contribution in [-0.4, -0.2) is 15.6 Å². The number of hydrogen-bond acceptors (Lipinski definition) is 4. The van der Waals surface area contributed by atoms with E-state index < -0.39 is 0 Å². The summed E-state index contributed by atoms with van der Waals surface area (Å²) in [6.07, 6.45) is 4.36. The highest BCUT2D eigenvalue weighted by Crippen LogP contribution is 2.45. The summed E-state index contributed by atoms with van der Waals surface area (Å²) in [7, 11) is 0. The summed E-state index contributed by atoms with van der Waals surface area (Å²) in [4.78, 5) is 9.90. The maximum absolute atomic E-state index is 9.39. The SMILES string of the molecule is CC1(C)CC(N(Cc2ncc[nH]2)c2ccc(Cl)cc2)c2cc(C#N)ccc2O1. The van der Waals surface area contributed by atoms with Crippen molar-refractivity contribution in [2.45, 2.75) is 38.5 Å². The van der Waals surface area contributed by atoms with E-state index in [1.54, 1.807) is 12.3 Å². The summed E-state index contributed by atoms with van der Waals surface area (Å²) in [6.45, 7) is 4.79. The van der Waals surface area contributed by atoms with Gasteiger partial charge in [-0.3, -0.25) is 0 Å². The first-order valence-corrected chi connectivity index (χ1v) is 9.56. The maximum Gasteiger partial charge on any atom is 0.125 e. The number of aromatic nitrogens is 2. The van der Waals surface area contributed by atoms with Crippen LogP contribution in [0.2, 0.25) is 5.02 Å². The van der Waals surface area contributed by atoms with Crippen molar-refractivity contribution in [2.75, 3.05) is 4.90 Å². The molecule has 0 saturated carbocycles. The molecule has 1 N–H and O–H groups in total. The van der Waals surface area contributed by atoms with Crippen LogP contribution in [0.5, 0.6) is 5.75 Å². The molecule has 1 atom stereocenters. The Balaban J connectivity index is 1.83. The van der Waals surface area contributed by atoms with Crippen molar-refractivity contribution >= 4 is 17.3 Å². The highest BCUT2D eigenvalue weighted by Gasteiger charge is 2.37. The zero-order chi connectivity index (χ0) is 19.7. The van der Waals surface area contributed by atoms with Crippen molar-refractivity contribution in [1.82, 2.24) is 9.97 Å². The third-order valence-corrected chi connectivity index (χ3v) is 5.23. The van der Waals surface area contributed by atoms with E-state index in [1.165, 1.54) is 0 Å². The average Bonchev–Trinajstić information content (AvgIpc) is 3.19. The fourth-order valence-electron chi connectivity index (χ4n) is 3.72. The first-order chi connectivity index (χ1) is 13.4. The van der Waals surface area contributed by atoms with Crippen LogP contribution in [0.4, 0.5) is 5.69 Å². The highest BCUT2D eigenvalue weighted by molar-refractivity contribution is 6.30. The summed E-state index contributed by atoms with van der Waals surface area (Å²) in [5, 5.41) is 10.1. The number of hydrogen-bond donors (Lipinski definition) is 1. The van der Waals surface area contributed by atoms with Gasteiger partial charge in [0.2, 0.25) is 0 Å². The molecule has 0 radical (unpaired) electrons. The standard InChI is InChI=1S/C22H21ClN4O/c1-22(2)12-19(18-11-15(13-24)3-8-20(18)28-22)27(14-21-25-9-10-26-21)17-6-4-16(23)5-7-17/h3-11,19H,12,14H2,1-2H3,(H,25,26). The van der Waals surface area contributed by atoms with Crippen LogP contribution >= 0.6 is 11.6 Å². The molecular weight excluding hydrogens is 372 g/mol. The fourth-order valence-corrected chi connectivity index (χ4v) is 3.85. The lowest BCUT2D eigenvalue weighted by Gasteiger charge is -2.43. The predicted molar refractivity (Wildman–Crippen MR) is 109 cm³/mol. The smallest absolute Gasteiger partial charge is 0.125 e. The number of fused-ring (bicyclic) bond motifs is 1.